The number of benzene rings is 2. The number of nitrogens with two attached hydrogens (primary N) is 1. The SMILES string of the molecule is COc1cc(N2CCC(OCC(=O)N[C@H](C(=O)N3CCC[C@H]3C(=O)N[C@@H](C)c3ccc(-c4ccncc4Cl)cc3)C(C)(C)C)CC2)ccc1NC(=O)c1cccc(/C(N)=C/C=N)n1. The summed E-state index contributed by atoms with van der Waals surface area (Å²) < 4.78 is 11.7. The van der Waals surface area contributed by atoms with Gasteiger partial charge in [0.15, 0.2) is 0 Å². The predicted octanol–water partition coefficient (Wildman–Crippen LogP) is 6.39. The number of carbonyl (C=O) groups is 4. The van der Waals surface area contributed by atoms with Crippen LogP contribution >= 0.6 is 11.6 Å². The molecule has 4 amide bonds. The lowest BCUT2D eigenvalue weighted by Crippen LogP contribution is -2.58. The van der Waals surface area contributed by atoms with Gasteiger partial charge in [0.25, 0.3) is 5.91 Å². The van der Waals surface area contributed by atoms with E-state index in [9.17, 15) is 19.2 Å². The molecule has 2 saturated heterocycles. The number of nitrogens with one attached hydrogen (secondary N) is 4. The number of amides is 4. The highest BCUT2D eigenvalue weighted by Gasteiger charge is 2.42. The molecular weight excluding hydrogens is 822 g/mol. The maximum absolute atomic E-state index is 14.1. The van der Waals surface area contributed by atoms with Crippen LogP contribution in [-0.2, 0) is 19.1 Å². The van der Waals surface area contributed by atoms with Crippen molar-refractivity contribution in [3.8, 4) is 16.9 Å². The fourth-order valence-electron chi connectivity index (χ4n) is 7.81. The number of ether oxygens (including phenoxy) is 2. The molecule has 0 spiro atoms. The number of allylic oxidation sites excluding steroid dienone is 1. The molecule has 2 aromatic heterocycles. The van der Waals surface area contributed by atoms with E-state index < -0.39 is 29.3 Å². The highest BCUT2D eigenvalue weighted by molar-refractivity contribution is 6.33. The van der Waals surface area contributed by atoms with Crippen LogP contribution in [0.1, 0.15) is 81.2 Å². The number of hydrogen-bond donors (Lipinski definition) is 5. The number of rotatable bonds is 15. The maximum Gasteiger partial charge on any atom is 0.274 e. The molecule has 6 N–H and O–H groups in total. The van der Waals surface area contributed by atoms with Crippen molar-refractivity contribution in [1.82, 2.24) is 25.5 Å². The number of anilines is 2. The van der Waals surface area contributed by atoms with Gasteiger partial charge < -0.3 is 46.4 Å². The van der Waals surface area contributed by atoms with Crippen LogP contribution in [0.15, 0.2) is 85.2 Å². The van der Waals surface area contributed by atoms with Gasteiger partial charge in [-0.15, -0.1) is 0 Å². The molecule has 0 unspecified atom stereocenters. The Bertz CT molecular complexity index is 2320. The second-order valence-electron chi connectivity index (χ2n) is 16.8. The molecule has 15 nitrogen and oxygen atoms in total. The van der Waals surface area contributed by atoms with Crippen molar-refractivity contribution in [3.63, 3.8) is 0 Å². The summed E-state index contributed by atoms with van der Waals surface area (Å²) in [4.78, 5) is 66.4. The average Bonchev–Trinajstić information content (AvgIpc) is 3.78. The zero-order chi connectivity index (χ0) is 45.3. The molecule has 2 aromatic carbocycles. The van der Waals surface area contributed by atoms with Crippen LogP contribution in [0, 0.1) is 10.8 Å². The summed E-state index contributed by atoms with van der Waals surface area (Å²) in [5, 5.41) is 16.7. The average molecular weight is 878 g/mol. The summed E-state index contributed by atoms with van der Waals surface area (Å²) in [6.45, 7) is 9.12. The molecule has 0 aliphatic carbocycles. The van der Waals surface area contributed by atoms with E-state index in [0.29, 0.717) is 67.5 Å². The third-order valence-electron chi connectivity index (χ3n) is 11.3. The highest BCUT2D eigenvalue weighted by atomic mass is 35.5. The van der Waals surface area contributed by atoms with Crippen molar-refractivity contribution in [2.24, 2.45) is 11.1 Å². The van der Waals surface area contributed by atoms with Gasteiger partial charge in [-0.1, -0.05) is 62.7 Å². The minimum atomic E-state index is -0.869. The zero-order valence-electron chi connectivity index (χ0n) is 36.3. The summed E-state index contributed by atoms with van der Waals surface area (Å²) in [6.07, 6.45) is 8.11. The summed E-state index contributed by atoms with van der Waals surface area (Å²) in [5.41, 5.74) is 10.2. The monoisotopic (exact) mass is 877 g/mol. The quantitative estimate of drug-likeness (QED) is 0.0833. The molecule has 2 fully saturated rings. The van der Waals surface area contributed by atoms with Crippen LogP contribution in [0.3, 0.4) is 0 Å². The third-order valence-corrected chi connectivity index (χ3v) is 11.6. The number of carbonyl (C=O) groups excluding carboxylic acids is 4. The van der Waals surface area contributed by atoms with Crippen molar-refractivity contribution in [3.05, 3.63) is 107 Å². The zero-order valence-corrected chi connectivity index (χ0v) is 37.1. The minimum Gasteiger partial charge on any atom is -0.494 e. The van der Waals surface area contributed by atoms with Crippen molar-refractivity contribution >= 4 is 58.5 Å². The lowest BCUT2D eigenvalue weighted by Gasteiger charge is -2.36. The first-order valence-corrected chi connectivity index (χ1v) is 21.4. The van der Waals surface area contributed by atoms with E-state index >= 15 is 0 Å². The van der Waals surface area contributed by atoms with Crippen molar-refractivity contribution in [2.75, 3.05) is 43.6 Å². The summed E-state index contributed by atoms with van der Waals surface area (Å²) in [5.74, 6) is -0.890. The van der Waals surface area contributed by atoms with Crippen LogP contribution in [0.25, 0.3) is 16.8 Å². The number of aromatic nitrogens is 2. The second-order valence-corrected chi connectivity index (χ2v) is 17.2. The van der Waals surface area contributed by atoms with E-state index in [0.717, 1.165) is 28.6 Å². The lowest BCUT2D eigenvalue weighted by atomic mass is 9.85. The summed E-state index contributed by atoms with van der Waals surface area (Å²) >= 11 is 6.33. The van der Waals surface area contributed by atoms with E-state index in [1.54, 1.807) is 41.6 Å². The molecular formula is C47H56ClN9O6. The fourth-order valence-corrected chi connectivity index (χ4v) is 8.04. The van der Waals surface area contributed by atoms with Gasteiger partial charge in [0.1, 0.15) is 30.1 Å². The summed E-state index contributed by atoms with van der Waals surface area (Å²) in [6, 6.07) is 18.3. The smallest absolute Gasteiger partial charge is 0.274 e. The number of methoxy groups -OCH3 is 1. The van der Waals surface area contributed by atoms with E-state index in [2.05, 4.69) is 30.8 Å². The Balaban J connectivity index is 0.986. The predicted molar refractivity (Wildman–Crippen MR) is 245 cm³/mol. The van der Waals surface area contributed by atoms with Crippen molar-refractivity contribution < 1.29 is 28.7 Å². The normalized spacial score (nSPS) is 16.8. The van der Waals surface area contributed by atoms with Crippen LogP contribution < -0.4 is 31.3 Å². The molecule has 6 rings (SSSR count). The Morgan fingerprint density at radius 1 is 0.984 bits per heavy atom. The van der Waals surface area contributed by atoms with Gasteiger partial charge in [0.2, 0.25) is 17.7 Å². The molecule has 2 aliphatic rings. The lowest BCUT2D eigenvalue weighted by molar-refractivity contribution is -0.145. The van der Waals surface area contributed by atoms with E-state index in [-0.39, 0.29) is 42.0 Å². The minimum absolute atomic E-state index is 0.162. The number of halogens is 1. The number of hydrogen-bond acceptors (Lipinski definition) is 11. The second kappa shape index (κ2) is 20.7. The first-order chi connectivity index (χ1) is 30.2. The Labute approximate surface area is 373 Å². The van der Waals surface area contributed by atoms with Crippen LogP contribution in [0.4, 0.5) is 11.4 Å². The molecule has 4 heterocycles. The number of piperidine rings is 1. The van der Waals surface area contributed by atoms with Gasteiger partial charge in [-0.2, -0.15) is 0 Å². The molecule has 0 saturated carbocycles. The van der Waals surface area contributed by atoms with Gasteiger partial charge in [-0.25, -0.2) is 4.98 Å². The van der Waals surface area contributed by atoms with Gasteiger partial charge in [0, 0.05) is 55.6 Å². The number of likely N-dealkylation sites (tertiary alicyclic amines) is 1. The Morgan fingerprint density at radius 3 is 2.40 bits per heavy atom. The molecule has 3 atom stereocenters. The van der Waals surface area contributed by atoms with Crippen molar-refractivity contribution in [1.29, 1.82) is 5.41 Å². The highest BCUT2D eigenvalue weighted by Crippen LogP contribution is 2.33. The van der Waals surface area contributed by atoms with Gasteiger partial charge >= 0.3 is 0 Å². The molecule has 63 heavy (non-hydrogen) atoms. The maximum atomic E-state index is 14.1. The topological polar surface area (TPSA) is 205 Å². The van der Waals surface area contributed by atoms with Gasteiger partial charge in [-0.05, 0) is 85.6 Å². The third kappa shape index (κ3) is 11.6. The van der Waals surface area contributed by atoms with Crippen LogP contribution in [0.5, 0.6) is 5.75 Å². The fraction of sp³-hybridized carbons (Fsp3) is 0.383. The molecule has 0 bridgehead atoms. The van der Waals surface area contributed by atoms with E-state index in [1.165, 1.54) is 13.2 Å². The van der Waals surface area contributed by atoms with E-state index in [4.69, 9.17) is 32.2 Å². The number of nitrogens with zero attached hydrogens (tertiary/aromatic N) is 4. The van der Waals surface area contributed by atoms with E-state index in [1.807, 2.05) is 70.2 Å². The molecule has 16 heteroatoms. The van der Waals surface area contributed by atoms with Crippen LogP contribution in [0.2, 0.25) is 5.02 Å². The Kier molecular flexibility index (Phi) is 15.2. The largest absolute Gasteiger partial charge is 0.494 e. The number of pyridine rings is 2. The molecule has 332 valence electrons. The first kappa shape index (κ1) is 46.2. The van der Waals surface area contributed by atoms with Gasteiger partial charge in [-0.3, -0.25) is 24.2 Å². The Morgan fingerprint density at radius 2 is 1.71 bits per heavy atom. The molecule has 2 aliphatic heterocycles. The summed E-state index contributed by atoms with van der Waals surface area (Å²) in [7, 11) is 1.53. The van der Waals surface area contributed by atoms with Crippen molar-refractivity contribution in [2.45, 2.75) is 77.6 Å². The molecule has 0 radical (unpaired) electrons. The van der Waals surface area contributed by atoms with Crippen LogP contribution in [-0.4, -0.2) is 96.2 Å². The van der Waals surface area contributed by atoms with Gasteiger partial charge in [0.05, 0.1) is 41.4 Å². The Hall–Kier alpha value is -6.32. The first-order valence-electron chi connectivity index (χ1n) is 21.1. The standard InChI is InChI=1S/C47H56ClN9O6/c1-29(30-11-13-31(14-12-30)34-18-22-51-27-35(34)48)52-45(60)40-10-7-23-57(40)46(61)43(47(2,3)4)55-42(58)28-63-33-19-24-56(25-20-33)32-15-16-38(41(26-32)62-5)54-44(59)39-9-6-8-37(53-39)36(50)17-21-49/h6,8-9,11-18,21-22,26-27,29,33,40,43,49H,7,10,19-20,23-25,28,50H2,1-5H3,(H,52,60)(H,54,59)(H,55,58)/b36-17-,49-21?/t29-,40-,43+/m0/s1. The molecule has 4 aromatic rings.